The molecule has 0 aliphatic carbocycles. The molecule has 7 nitrogen and oxygen atoms in total. The second kappa shape index (κ2) is 9.29. The minimum Gasteiger partial charge on any atom is -0.507 e. The number of aliphatic hydroxyl groups is 1. The minimum absolute atomic E-state index is 0.0194. The molecule has 0 bridgehead atoms. The van der Waals surface area contributed by atoms with Gasteiger partial charge in [-0.15, -0.1) is 0 Å². The number of ketones is 1. The Hall–Kier alpha value is -4.17. The molecule has 2 aliphatic rings. The van der Waals surface area contributed by atoms with E-state index in [1.807, 2.05) is 63.2 Å². The number of carbonyl (C=O) groups is 2. The maximum Gasteiger partial charge on any atom is 0.301 e. The highest BCUT2D eigenvalue weighted by Gasteiger charge is 2.48. The zero-order valence-electron chi connectivity index (χ0n) is 21.2. The molecule has 1 aromatic heterocycles. The van der Waals surface area contributed by atoms with E-state index in [1.165, 1.54) is 16.2 Å². The summed E-state index contributed by atoms with van der Waals surface area (Å²) in [5.74, 6) is -0.335. The van der Waals surface area contributed by atoms with Crippen molar-refractivity contribution in [2.45, 2.75) is 39.3 Å². The zero-order valence-corrected chi connectivity index (χ0v) is 22.0. The van der Waals surface area contributed by atoms with E-state index in [0.29, 0.717) is 35.0 Å². The van der Waals surface area contributed by atoms with Gasteiger partial charge in [-0.25, -0.2) is 4.98 Å². The van der Waals surface area contributed by atoms with Crippen molar-refractivity contribution in [2.75, 3.05) is 11.5 Å². The molecule has 2 atom stereocenters. The molecule has 192 valence electrons. The maximum atomic E-state index is 13.6. The number of ether oxygens (including phenoxy) is 2. The lowest BCUT2D eigenvalue weighted by Crippen LogP contribution is -2.29. The fourth-order valence-corrected chi connectivity index (χ4v) is 6.22. The summed E-state index contributed by atoms with van der Waals surface area (Å²) in [6.45, 7) is 6.33. The number of aromatic nitrogens is 1. The number of hydrogen-bond acceptors (Lipinski definition) is 7. The lowest BCUT2D eigenvalue weighted by molar-refractivity contribution is -0.132. The van der Waals surface area contributed by atoms with Crippen molar-refractivity contribution in [1.82, 2.24) is 4.98 Å². The average Bonchev–Trinajstić information content (AvgIpc) is 3.56. The van der Waals surface area contributed by atoms with E-state index in [4.69, 9.17) is 14.5 Å². The Kier molecular flexibility index (Phi) is 5.91. The number of Topliss-reactive ketones (excluding diaryl/α,β-unsaturated/α-hetero) is 1. The smallest absolute Gasteiger partial charge is 0.301 e. The number of rotatable bonds is 5. The predicted octanol–water partition coefficient (Wildman–Crippen LogP) is 5.95. The topological polar surface area (TPSA) is 89.0 Å². The molecule has 38 heavy (non-hydrogen) atoms. The van der Waals surface area contributed by atoms with Crippen LogP contribution >= 0.6 is 11.3 Å². The predicted molar refractivity (Wildman–Crippen MR) is 147 cm³/mol. The van der Waals surface area contributed by atoms with Gasteiger partial charge in [0, 0.05) is 12.0 Å². The summed E-state index contributed by atoms with van der Waals surface area (Å²) in [6, 6.07) is 17.6. The van der Waals surface area contributed by atoms with Gasteiger partial charge in [-0.05, 0) is 79.9 Å². The van der Waals surface area contributed by atoms with E-state index in [2.05, 4.69) is 0 Å². The van der Waals surface area contributed by atoms with Gasteiger partial charge in [0.15, 0.2) is 5.13 Å². The van der Waals surface area contributed by atoms with E-state index in [0.717, 1.165) is 27.1 Å². The number of anilines is 1. The second-order valence-corrected chi connectivity index (χ2v) is 10.6. The molecular weight excluding hydrogens is 500 g/mol. The number of benzene rings is 3. The van der Waals surface area contributed by atoms with Gasteiger partial charge in [-0.3, -0.25) is 14.5 Å². The third-order valence-corrected chi connectivity index (χ3v) is 7.85. The second-order valence-electron chi connectivity index (χ2n) is 9.60. The molecule has 6 rings (SSSR count). The van der Waals surface area contributed by atoms with Gasteiger partial charge in [0.25, 0.3) is 5.78 Å². The Labute approximate surface area is 224 Å². The molecule has 3 aromatic carbocycles. The van der Waals surface area contributed by atoms with Gasteiger partial charge in [0.05, 0.1) is 28.4 Å². The number of nitrogens with zero attached hydrogens (tertiary/aromatic N) is 2. The van der Waals surface area contributed by atoms with Gasteiger partial charge in [-0.1, -0.05) is 29.5 Å². The number of amides is 1. The van der Waals surface area contributed by atoms with Crippen molar-refractivity contribution >= 4 is 44.1 Å². The standard InChI is InChI=1S/C30H26N2O5S/c1-4-36-21-7-5-6-18(15-21)26-25(27(33)19-9-11-23-20(14-19)13-17(3)37-23)28(34)29(35)32(26)30-31-22-10-8-16(2)12-24(22)38-30/h5-12,14-15,17,26,33H,4,13H2,1-3H3/t17-,26-/m0/s1. The Morgan fingerprint density at radius 2 is 2.00 bits per heavy atom. The van der Waals surface area contributed by atoms with Crippen molar-refractivity contribution in [3.05, 3.63) is 88.5 Å². The van der Waals surface area contributed by atoms with Crippen LogP contribution in [0.5, 0.6) is 11.5 Å². The molecule has 1 saturated heterocycles. The molecular formula is C30H26N2O5S. The van der Waals surface area contributed by atoms with Crippen molar-refractivity contribution < 1.29 is 24.2 Å². The normalized spacial score (nSPS) is 20.1. The first kappa shape index (κ1) is 24.2. The molecule has 3 heterocycles. The van der Waals surface area contributed by atoms with Gasteiger partial charge < -0.3 is 14.6 Å². The fourth-order valence-electron chi connectivity index (χ4n) is 5.13. The lowest BCUT2D eigenvalue weighted by atomic mass is 9.94. The first-order chi connectivity index (χ1) is 18.3. The first-order valence-corrected chi connectivity index (χ1v) is 13.4. The molecule has 0 unspecified atom stereocenters. The van der Waals surface area contributed by atoms with Gasteiger partial charge in [0.2, 0.25) is 0 Å². The number of thiazole rings is 1. The summed E-state index contributed by atoms with van der Waals surface area (Å²) in [5, 5.41) is 11.9. The minimum atomic E-state index is -0.875. The van der Waals surface area contributed by atoms with E-state index >= 15 is 0 Å². The van der Waals surface area contributed by atoms with Crippen LogP contribution in [0.15, 0.2) is 66.2 Å². The molecule has 2 aliphatic heterocycles. The Morgan fingerprint density at radius 3 is 2.82 bits per heavy atom. The molecule has 4 aromatic rings. The number of fused-ring (bicyclic) bond motifs is 2. The molecule has 0 saturated carbocycles. The first-order valence-electron chi connectivity index (χ1n) is 12.5. The summed E-state index contributed by atoms with van der Waals surface area (Å²) >= 11 is 1.34. The quantitative estimate of drug-likeness (QED) is 0.196. The number of aliphatic hydroxyl groups excluding tert-OH is 1. The largest absolute Gasteiger partial charge is 0.507 e. The summed E-state index contributed by atoms with van der Waals surface area (Å²) < 4.78 is 12.4. The fraction of sp³-hybridized carbons (Fsp3) is 0.233. The van der Waals surface area contributed by atoms with Crippen LogP contribution in [0.4, 0.5) is 5.13 Å². The monoisotopic (exact) mass is 526 g/mol. The van der Waals surface area contributed by atoms with Crippen molar-refractivity contribution in [2.24, 2.45) is 0 Å². The Balaban J connectivity index is 1.54. The van der Waals surface area contributed by atoms with Gasteiger partial charge in [0.1, 0.15) is 23.4 Å². The van der Waals surface area contributed by atoms with Crippen LogP contribution in [0.2, 0.25) is 0 Å². The molecule has 1 N–H and O–H groups in total. The summed E-state index contributed by atoms with van der Waals surface area (Å²) in [4.78, 5) is 33.2. The van der Waals surface area contributed by atoms with Crippen molar-refractivity contribution in [3.8, 4) is 11.5 Å². The zero-order chi connectivity index (χ0) is 26.6. The Morgan fingerprint density at radius 1 is 1.16 bits per heavy atom. The summed E-state index contributed by atoms with van der Waals surface area (Å²) in [6.07, 6.45) is 0.743. The number of aryl methyl sites for hydroxylation is 1. The van der Waals surface area contributed by atoms with Crippen LogP contribution in [-0.4, -0.2) is 34.5 Å². The van der Waals surface area contributed by atoms with Crippen molar-refractivity contribution in [3.63, 3.8) is 0 Å². The highest BCUT2D eigenvalue weighted by molar-refractivity contribution is 7.22. The van der Waals surface area contributed by atoms with E-state index in [9.17, 15) is 14.7 Å². The maximum absolute atomic E-state index is 13.6. The van der Waals surface area contributed by atoms with Crippen molar-refractivity contribution in [1.29, 1.82) is 0 Å². The summed E-state index contributed by atoms with van der Waals surface area (Å²) in [5.41, 5.74) is 3.89. The van der Waals surface area contributed by atoms with Crippen LogP contribution in [0.25, 0.3) is 16.0 Å². The van der Waals surface area contributed by atoms with E-state index < -0.39 is 17.7 Å². The summed E-state index contributed by atoms with van der Waals surface area (Å²) in [7, 11) is 0. The third kappa shape index (κ3) is 4.01. The van der Waals surface area contributed by atoms with Crippen LogP contribution in [0.3, 0.4) is 0 Å². The third-order valence-electron chi connectivity index (χ3n) is 6.84. The SMILES string of the molecule is CCOc1cccc([C@H]2C(=C(O)c3ccc4c(c3)C[C@H](C)O4)C(=O)C(=O)N2c2nc3ccc(C)cc3s2)c1. The van der Waals surface area contributed by atoms with Gasteiger partial charge in [-0.2, -0.15) is 0 Å². The van der Waals surface area contributed by atoms with Crippen LogP contribution in [0.1, 0.15) is 42.1 Å². The molecule has 0 spiro atoms. The molecule has 1 amide bonds. The Bertz CT molecular complexity index is 1640. The van der Waals surface area contributed by atoms with Gasteiger partial charge >= 0.3 is 5.91 Å². The van der Waals surface area contributed by atoms with E-state index in [1.54, 1.807) is 18.2 Å². The molecule has 1 fully saturated rings. The highest BCUT2D eigenvalue weighted by atomic mass is 32.1. The highest BCUT2D eigenvalue weighted by Crippen LogP contribution is 2.45. The molecule has 0 radical (unpaired) electrons. The van der Waals surface area contributed by atoms with Crippen LogP contribution < -0.4 is 14.4 Å². The van der Waals surface area contributed by atoms with E-state index in [-0.39, 0.29) is 17.4 Å². The average molecular weight is 527 g/mol. The number of carbonyl (C=O) groups excluding carboxylic acids is 2. The van der Waals surface area contributed by atoms with Crippen LogP contribution in [-0.2, 0) is 16.0 Å². The lowest BCUT2D eigenvalue weighted by Gasteiger charge is -2.23. The number of hydrogen-bond donors (Lipinski definition) is 1. The molecule has 8 heteroatoms. The van der Waals surface area contributed by atoms with Crippen LogP contribution in [0, 0.1) is 6.92 Å².